The summed E-state index contributed by atoms with van der Waals surface area (Å²) in [6, 6.07) is 13.8. The van der Waals surface area contributed by atoms with Crippen molar-refractivity contribution in [3.8, 4) is 5.69 Å². The van der Waals surface area contributed by atoms with Crippen LogP contribution in [0.3, 0.4) is 0 Å². The zero-order chi connectivity index (χ0) is 21.4. The van der Waals surface area contributed by atoms with E-state index in [9.17, 15) is 14.0 Å². The van der Waals surface area contributed by atoms with Crippen molar-refractivity contribution in [2.45, 2.75) is 31.8 Å². The summed E-state index contributed by atoms with van der Waals surface area (Å²) in [5.41, 5.74) is 3.00. The normalized spacial score (nSPS) is 15.6. The number of hydrogen-bond donors (Lipinski definition) is 1. The number of halogens is 1. The molecule has 0 aliphatic heterocycles. The fourth-order valence-electron chi connectivity index (χ4n) is 4.13. The van der Waals surface area contributed by atoms with Gasteiger partial charge in [-0.05, 0) is 54.7 Å². The van der Waals surface area contributed by atoms with Gasteiger partial charge in [0.15, 0.2) is 5.65 Å². The average Bonchev–Trinajstić information content (AvgIpc) is 3.21. The number of amides is 1. The molecule has 156 valence electrons. The molecule has 4 aromatic rings. The molecule has 7 nitrogen and oxygen atoms in total. The lowest BCUT2D eigenvalue weighted by Crippen LogP contribution is -2.36. The summed E-state index contributed by atoms with van der Waals surface area (Å²) in [5, 5.41) is 7.56. The highest BCUT2D eigenvalue weighted by molar-refractivity contribution is 5.78. The van der Waals surface area contributed by atoms with Gasteiger partial charge in [0, 0.05) is 0 Å². The third-order valence-corrected chi connectivity index (χ3v) is 5.64. The number of hydrogen-bond acceptors (Lipinski definition) is 4. The standard InChI is InChI=1S/C23H20FN5O2/c24-16-8-10-17(11-9-16)29-22-19(12-26-29)23(31)28(14-25-22)13-21(30)27-20-7-3-5-15-4-1-2-6-18(15)20/h1-2,4,6,8-12,14,20H,3,5,7,13H2,(H,27,30)/t20-/m0/s1. The van der Waals surface area contributed by atoms with Gasteiger partial charge in [-0.25, -0.2) is 14.1 Å². The number of nitrogens with one attached hydrogen (secondary N) is 1. The van der Waals surface area contributed by atoms with E-state index in [0.717, 1.165) is 24.8 Å². The minimum atomic E-state index is -0.359. The van der Waals surface area contributed by atoms with Gasteiger partial charge in [-0.2, -0.15) is 5.10 Å². The first-order valence-electron chi connectivity index (χ1n) is 10.2. The van der Waals surface area contributed by atoms with E-state index < -0.39 is 0 Å². The van der Waals surface area contributed by atoms with E-state index in [1.54, 1.807) is 12.1 Å². The second kappa shape index (κ2) is 7.79. The molecule has 0 bridgehead atoms. The molecule has 0 fully saturated rings. The molecule has 0 saturated carbocycles. The number of benzene rings is 2. The molecule has 2 aromatic heterocycles. The summed E-state index contributed by atoms with van der Waals surface area (Å²) in [4.78, 5) is 29.9. The average molecular weight is 417 g/mol. The van der Waals surface area contributed by atoms with Crippen LogP contribution in [0.5, 0.6) is 0 Å². The van der Waals surface area contributed by atoms with Crippen LogP contribution in [-0.2, 0) is 17.8 Å². The van der Waals surface area contributed by atoms with Crippen LogP contribution in [0.25, 0.3) is 16.7 Å². The van der Waals surface area contributed by atoms with Crippen LogP contribution in [0, 0.1) is 5.82 Å². The van der Waals surface area contributed by atoms with E-state index in [2.05, 4.69) is 21.5 Å². The number of aromatic nitrogens is 4. The van der Waals surface area contributed by atoms with Crippen molar-refractivity contribution in [3.05, 3.63) is 88.4 Å². The lowest BCUT2D eigenvalue weighted by atomic mass is 9.88. The second-order valence-corrected chi connectivity index (χ2v) is 7.66. The van der Waals surface area contributed by atoms with Crippen molar-refractivity contribution < 1.29 is 9.18 Å². The van der Waals surface area contributed by atoms with Gasteiger partial charge in [0.25, 0.3) is 5.56 Å². The number of carbonyl (C=O) groups is 1. The Kier molecular flexibility index (Phi) is 4.82. The predicted molar refractivity (Wildman–Crippen MR) is 113 cm³/mol. The largest absolute Gasteiger partial charge is 0.348 e. The van der Waals surface area contributed by atoms with Crippen molar-refractivity contribution in [2.75, 3.05) is 0 Å². The number of aryl methyl sites for hydroxylation is 1. The molecule has 0 spiro atoms. The first kappa shape index (κ1) is 19.2. The van der Waals surface area contributed by atoms with E-state index in [1.807, 2.05) is 18.2 Å². The minimum absolute atomic E-state index is 0.0499. The summed E-state index contributed by atoms with van der Waals surface area (Å²) in [6.45, 7) is -0.123. The molecule has 1 amide bonds. The predicted octanol–water partition coefficient (Wildman–Crippen LogP) is 2.92. The number of rotatable bonds is 4. The van der Waals surface area contributed by atoms with Crippen molar-refractivity contribution in [3.63, 3.8) is 0 Å². The number of fused-ring (bicyclic) bond motifs is 2. The third kappa shape index (κ3) is 3.61. The van der Waals surface area contributed by atoms with Crippen LogP contribution in [0.4, 0.5) is 4.39 Å². The molecule has 31 heavy (non-hydrogen) atoms. The maximum Gasteiger partial charge on any atom is 0.264 e. The smallest absolute Gasteiger partial charge is 0.264 e. The van der Waals surface area contributed by atoms with E-state index >= 15 is 0 Å². The summed E-state index contributed by atoms with van der Waals surface area (Å²) < 4.78 is 15.9. The quantitative estimate of drug-likeness (QED) is 0.554. The molecule has 2 heterocycles. The Hall–Kier alpha value is -3.81. The van der Waals surface area contributed by atoms with Gasteiger partial charge in [0.2, 0.25) is 5.91 Å². The van der Waals surface area contributed by atoms with Crippen LogP contribution < -0.4 is 10.9 Å². The molecule has 1 atom stereocenters. The number of nitrogens with zero attached hydrogens (tertiary/aromatic N) is 4. The van der Waals surface area contributed by atoms with Crippen molar-refractivity contribution >= 4 is 16.9 Å². The van der Waals surface area contributed by atoms with Gasteiger partial charge in [0.1, 0.15) is 24.1 Å². The van der Waals surface area contributed by atoms with E-state index in [-0.39, 0.29) is 29.9 Å². The van der Waals surface area contributed by atoms with Gasteiger partial charge in [0.05, 0.1) is 17.9 Å². The Morgan fingerprint density at radius 3 is 2.81 bits per heavy atom. The van der Waals surface area contributed by atoms with Crippen molar-refractivity contribution in [1.82, 2.24) is 24.6 Å². The Labute approximate surface area is 177 Å². The van der Waals surface area contributed by atoms with Gasteiger partial charge < -0.3 is 5.32 Å². The topological polar surface area (TPSA) is 81.8 Å². The lowest BCUT2D eigenvalue weighted by molar-refractivity contribution is -0.122. The second-order valence-electron chi connectivity index (χ2n) is 7.66. The van der Waals surface area contributed by atoms with Gasteiger partial charge in [-0.15, -0.1) is 0 Å². The Morgan fingerprint density at radius 1 is 1.16 bits per heavy atom. The summed E-state index contributed by atoms with van der Waals surface area (Å²) in [6.07, 6.45) is 5.67. The monoisotopic (exact) mass is 417 g/mol. The lowest BCUT2D eigenvalue weighted by Gasteiger charge is -2.26. The zero-order valence-electron chi connectivity index (χ0n) is 16.7. The third-order valence-electron chi connectivity index (χ3n) is 5.64. The molecule has 8 heteroatoms. The molecule has 5 rings (SSSR count). The van der Waals surface area contributed by atoms with E-state index in [1.165, 1.54) is 39.5 Å². The van der Waals surface area contributed by atoms with Crippen LogP contribution in [0.1, 0.15) is 30.0 Å². The fourth-order valence-corrected chi connectivity index (χ4v) is 4.13. The highest BCUT2D eigenvalue weighted by Gasteiger charge is 2.22. The van der Waals surface area contributed by atoms with Gasteiger partial charge in [-0.1, -0.05) is 24.3 Å². The minimum Gasteiger partial charge on any atom is -0.348 e. The summed E-state index contributed by atoms with van der Waals surface area (Å²) in [5.74, 6) is -0.599. The molecule has 1 aliphatic rings. The Bertz CT molecular complexity index is 1330. The fraction of sp³-hybridized carbons (Fsp3) is 0.217. The van der Waals surface area contributed by atoms with Gasteiger partial charge >= 0.3 is 0 Å². The molecule has 1 aliphatic carbocycles. The summed E-state index contributed by atoms with van der Waals surface area (Å²) in [7, 11) is 0. The van der Waals surface area contributed by atoms with Crippen LogP contribution in [0.2, 0.25) is 0 Å². The maximum atomic E-state index is 13.2. The number of carbonyl (C=O) groups excluding carboxylic acids is 1. The van der Waals surface area contributed by atoms with Gasteiger partial charge in [-0.3, -0.25) is 14.2 Å². The van der Waals surface area contributed by atoms with E-state index in [0.29, 0.717) is 16.7 Å². The molecule has 0 radical (unpaired) electrons. The first-order valence-corrected chi connectivity index (χ1v) is 10.2. The highest BCUT2D eigenvalue weighted by Crippen LogP contribution is 2.29. The SMILES string of the molecule is O=C(Cn1cnc2c(cnn2-c2ccc(F)cc2)c1=O)N[C@H]1CCCc2ccccc21. The van der Waals surface area contributed by atoms with E-state index in [4.69, 9.17) is 0 Å². The first-order chi connectivity index (χ1) is 15.1. The Morgan fingerprint density at radius 2 is 1.97 bits per heavy atom. The van der Waals surface area contributed by atoms with Crippen LogP contribution in [0.15, 0.2) is 65.8 Å². The molecule has 2 aromatic carbocycles. The van der Waals surface area contributed by atoms with Crippen molar-refractivity contribution in [1.29, 1.82) is 0 Å². The van der Waals surface area contributed by atoms with Crippen LogP contribution >= 0.6 is 0 Å². The van der Waals surface area contributed by atoms with Crippen LogP contribution in [-0.4, -0.2) is 25.2 Å². The zero-order valence-corrected chi connectivity index (χ0v) is 16.7. The maximum absolute atomic E-state index is 13.2. The molecular weight excluding hydrogens is 397 g/mol. The molecular formula is C23H20FN5O2. The molecule has 1 N–H and O–H groups in total. The van der Waals surface area contributed by atoms with Crippen molar-refractivity contribution in [2.24, 2.45) is 0 Å². The molecule has 0 unspecified atom stereocenters. The Balaban J connectivity index is 1.38. The summed E-state index contributed by atoms with van der Waals surface area (Å²) >= 11 is 0. The highest BCUT2D eigenvalue weighted by atomic mass is 19.1. The molecule has 0 saturated heterocycles.